The van der Waals surface area contributed by atoms with Crippen molar-refractivity contribution in [3.05, 3.63) is 69.7 Å². The molecule has 0 amide bonds. The minimum atomic E-state index is 0.420. The maximum Gasteiger partial charge on any atom is 0.0595 e. The number of likely N-dealkylation sites (tertiary alicyclic amines) is 1. The first-order valence-electron chi connectivity index (χ1n) is 7.58. The molecule has 2 N–H and O–H groups in total. The highest BCUT2D eigenvalue weighted by atomic mass is 35.5. The van der Waals surface area contributed by atoms with E-state index in [0.29, 0.717) is 28.4 Å². The van der Waals surface area contributed by atoms with Crippen LogP contribution in [-0.2, 0) is 6.54 Å². The third-order valence-corrected chi connectivity index (χ3v) is 5.18. The summed E-state index contributed by atoms with van der Waals surface area (Å²) in [7, 11) is 0. The van der Waals surface area contributed by atoms with E-state index in [9.17, 15) is 0 Å². The zero-order valence-electron chi connectivity index (χ0n) is 12.4. The Morgan fingerprint density at radius 3 is 2.45 bits per heavy atom. The Morgan fingerprint density at radius 1 is 1.00 bits per heavy atom. The number of benzene rings is 2. The van der Waals surface area contributed by atoms with E-state index in [1.807, 2.05) is 12.1 Å². The first-order valence-corrected chi connectivity index (χ1v) is 8.34. The van der Waals surface area contributed by atoms with Crippen molar-refractivity contribution in [3.8, 4) is 0 Å². The molecule has 0 aliphatic carbocycles. The minimum absolute atomic E-state index is 0.420. The molecule has 1 saturated heterocycles. The number of rotatable bonds is 4. The summed E-state index contributed by atoms with van der Waals surface area (Å²) < 4.78 is 0. The third-order valence-electron chi connectivity index (χ3n) is 4.44. The van der Waals surface area contributed by atoms with Gasteiger partial charge in [0.2, 0.25) is 0 Å². The Morgan fingerprint density at radius 2 is 1.77 bits per heavy atom. The van der Waals surface area contributed by atoms with Crippen molar-refractivity contribution < 1.29 is 0 Å². The smallest absolute Gasteiger partial charge is 0.0595 e. The predicted molar refractivity (Wildman–Crippen MR) is 93.5 cm³/mol. The zero-order chi connectivity index (χ0) is 15.5. The van der Waals surface area contributed by atoms with E-state index >= 15 is 0 Å². The predicted octanol–water partition coefficient (Wildman–Crippen LogP) is 4.17. The molecule has 0 unspecified atom stereocenters. The fraction of sp³-hybridized carbons (Fsp3) is 0.333. The van der Waals surface area contributed by atoms with E-state index in [0.717, 1.165) is 19.6 Å². The van der Waals surface area contributed by atoms with Crippen molar-refractivity contribution in [2.75, 3.05) is 19.6 Å². The largest absolute Gasteiger partial charge is 0.330 e. The fourth-order valence-corrected chi connectivity index (χ4v) is 3.60. The second kappa shape index (κ2) is 7.01. The van der Waals surface area contributed by atoms with Gasteiger partial charge in [-0.2, -0.15) is 0 Å². The summed E-state index contributed by atoms with van der Waals surface area (Å²) in [6.45, 7) is 3.69. The molecule has 116 valence electrons. The van der Waals surface area contributed by atoms with Gasteiger partial charge in [-0.15, -0.1) is 0 Å². The van der Waals surface area contributed by atoms with Crippen molar-refractivity contribution in [3.63, 3.8) is 0 Å². The molecule has 4 heteroatoms. The Balaban J connectivity index is 1.75. The van der Waals surface area contributed by atoms with E-state index < -0.39 is 0 Å². The fourth-order valence-electron chi connectivity index (χ4n) is 3.29. The Kier molecular flexibility index (Phi) is 5.04. The lowest BCUT2D eigenvalue weighted by molar-refractivity contribution is 0.317. The topological polar surface area (TPSA) is 29.3 Å². The van der Waals surface area contributed by atoms with Gasteiger partial charge in [-0.25, -0.2) is 0 Å². The average Bonchev–Trinajstić information content (AvgIpc) is 2.94. The van der Waals surface area contributed by atoms with Gasteiger partial charge in [-0.05, 0) is 35.7 Å². The molecule has 3 rings (SSSR count). The van der Waals surface area contributed by atoms with Gasteiger partial charge in [0.05, 0.1) is 10.0 Å². The summed E-state index contributed by atoms with van der Waals surface area (Å²) in [5.41, 5.74) is 8.58. The van der Waals surface area contributed by atoms with Gasteiger partial charge in [0.25, 0.3) is 0 Å². The zero-order valence-corrected chi connectivity index (χ0v) is 13.9. The van der Waals surface area contributed by atoms with Crippen LogP contribution in [0.4, 0.5) is 0 Å². The van der Waals surface area contributed by atoms with Gasteiger partial charge in [0, 0.05) is 25.6 Å². The number of nitrogens with two attached hydrogens (primary N) is 1. The molecule has 2 aromatic carbocycles. The molecule has 0 spiro atoms. The maximum atomic E-state index is 6.17. The molecular weight excluding hydrogens is 315 g/mol. The summed E-state index contributed by atoms with van der Waals surface area (Å²) in [4.78, 5) is 2.47. The summed E-state index contributed by atoms with van der Waals surface area (Å²) in [6, 6.07) is 16.5. The minimum Gasteiger partial charge on any atom is -0.330 e. The molecule has 0 bridgehead atoms. The van der Waals surface area contributed by atoms with Crippen molar-refractivity contribution in [2.45, 2.75) is 12.5 Å². The van der Waals surface area contributed by atoms with Crippen LogP contribution < -0.4 is 5.73 Å². The summed E-state index contributed by atoms with van der Waals surface area (Å²) in [5.74, 6) is 0.879. The summed E-state index contributed by atoms with van der Waals surface area (Å²) in [6.07, 6.45) is 0. The Hall–Kier alpha value is -1.06. The second-order valence-corrected chi connectivity index (χ2v) is 6.77. The number of hydrogen-bond donors (Lipinski definition) is 1. The van der Waals surface area contributed by atoms with Crippen molar-refractivity contribution in [2.24, 2.45) is 11.7 Å². The van der Waals surface area contributed by atoms with E-state index in [-0.39, 0.29) is 0 Å². The summed E-state index contributed by atoms with van der Waals surface area (Å²) in [5, 5.41) is 1.23. The first kappa shape index (κ1) is 15.8. The maximum absolute atomic E-state index is 6.17. The first-order chi connectivity index (χ1) is 10.7. The van der Waals surface area contributed by atoms with Gasteiger partial charge >= 0.3 is 0 Å². The lowest BCUT2D eigenvalue weighted by atomic mass is 9.89. The highest BCUT2D eigenvalue weighted by Crippen LogP contribution is 2.35. The SMILES string of the molecule is NC[C@@H]1CN(Cc2ccccc2)C[C@H]1c1ccc(Cl)c(Cl)c1. The molecule has 0 aromatic heterocycles. The molecule has 22 heavy (non-hydrogen) atoms. The number of hydrogen-bond acceptors (Lipinski definition) is 2. The van der Waals surface area contributed by atoms with Crippen LogP contribution in [0.2, 0.25) is 10.0 Å². The molecule has 2 aromatic rings. The molecule has 2 nitrogen and oxygen atoms in total. The number of halogens is 2. The third kappa shape index (κ3) is 3.47. The molecular formula is C18H20Cl2N2. The van der Waals surface area contributed by atoms with Crippen LogP contribution >= 0.6 is 23.2 Å². The molecule has 1 fully saturated rings. The van der Waals surface area contributed by atoms with Crippen molar-refractivity contribution in [1.82, 2.24) is 4.90 Å². The highest BCUT2D eigenvalue weighted by molar-refractivity contribution is 6.42. The van der Waals surface area contributed by atoms with Crippen LogP contribution in [0.3, 0.4) is 0 Å². The van der Waals surface area contributed by atoms with Crippen molar-refractivity contribution in [1.29, 1.82) is 0 Å². The van der Waals surface area contributed by atoms with Gasteiger partial charge in [0.15, 0.2) is 0 Å². The molecule has 0 radical (unpaired) electrons. The second-order valence-electron chi connectivity index (χ2n) is 5.96. The number of nitrogens with zero attached hydrogens (tertiary/aromatic N) is 1. The lowest BCUT2D eigenvalue weighted by Crippen LogP contribution is -2.23. The van der Waals surface area contributed by atoms with E-state index in [2.05, 4.69) is 41.3 Å². The Bertz CT molecular complexity index is 630. The van der Waals surface area contributed by atoms with Gasteiger partial charge in [-0.1, -0.05) is 59.6 Å². The molecule has 1 aliphatic rings. The molecule has 0 saturated carbocycles. The molecule has 2 atom stereocenters. The monoisotopic (exact) mass is 334 g/mol. The van der Waals surface area contributed by atoms with Crippen LogP contribution in [0.1, 0.15) is 17.0 Å². The van der Waals surface area contributed by atoms with Crippen LogP contribution in [0.25, 0.3) is 0 Å². The highest BCUT2D eigenvalue weighted by Gasteiger charge is 2.32. The van der Waals surface area contributed by atoms with Crippen LogP contribution in [0.15, 0.2) is 48.5 Å². The van der Waals surface area contributed by atoms with Gasteiger partial charge in [0.1, 0.15) is 0 Å². The Labute approximate surface area is 141 Å². The van der Waals surface area contributed by atoms with Crippen LogP contribution in [-0.4, -0.2) is 24.5 Å². The van der Waals surface area contributed by atoms with Crippen molar-refractivity contribution >= 4 is 23.2 Å². The average molecular weight is 335 g/mol. The standard InChI is InChI=1S/C18H20Cl2N2/c19-17-7-6-14(8-18(17)20)16-12-22(11-15(16)9-21)10-13-4-2-1-3-5-13/h1-8,15-16H,9-12,21H2/t15-,16+/m1/s1. The van der Waals surface area contributed by atoms with Gasteiger partial charge < -0.3 is 5.73 Å². The van der Waals surface area contributed by atoms with E-state index in [1.54, 1.807) is 0 Å². The van der Waals surface area contributed by atoms with E-state index in [1.165, 1.54) is 11.1 Å². The van der Waals surface area contributed by atoms with Gasteiger partial charge in [-0.3, -0.25) is 4.90 Å². The molecule has 1 heterocycles. The molecule has 1 aliphatic heterocycles. The van der Waals surface area contributed by atoms with Crippen LogP contribution in [0, 0.1) is 5.92 Å². The lowest BCUT2D eigenvalue weighted by Gasteiger charge is -2.17. The quantitative estimate of drug-likeness (QED) is 0.909. The van der Waals surface area contributed by atoms with Crippen LogP contribution in [0.5, 0.6) is 0 Å². The normalized spacial score (nSPS) is 22.1. The van der Waals surface area contributed by atoms with E-state index in [4.69, 9.17) is 28.9 Å². The summed E-state index contributed by atoms with van der Waals surface area (Å²) >= 11 is 12.2.